The number of ether oxygens (including phenoxy) is 1. The molecule has 18 heavy (non-hydrogen) atoms. The van der Waals surface area contributed by atoms with Gasteiger partial charge >= 0.3 is 5.69 Å². The SMILES string of the molecule is O=c1ccn(CC2CCC(P(=O)([O-])O)O2)c(=O)[nH]1. The third-order valence-corrected chi connectivity index (χ3v) is 3.85. The van der Waals surface area contributed by atoms with Crippen LogP contribution >= 0.6 is 7.60 Å². The topological polar surface area (TPSA) is 124 Å². The van der Waals surface area contributed by atoms with E-state index in [1.165, 1.54) is 16.8 Å². The standard InChI is InChI=1S/C9H13N2O6P/c12-7-3-4-11(9(13)10-7)5-6-1-2-8(17-6)18(14,15)16/h3-4,6,8H,1-2,5H2,(H,10,12,13)(H2,14,15,16)/p-1. The molecule has 0 bridgehead atoms. The van der Waals surface area contributed by atoms with E-state index in [0.29, 0.717) is 6.42 Å². The first-order chi connectivity index (χ1) is 8.36. The van der Waals surface area contributed by atoms with Gasteiger partial charge in [0, 0.05) is 12.3 Å². The summed E-state index contributed by atoms with van der Waals surface area (Å²) in [6.45, 7) is 0.131. The molecule has 8 nitrogen and oxygen atoms in total. The van der Waals surface area contributed by atoms with E-state index in [4.69, 9.17) is 9.63 Å². The molecule has 2 rings (SSSR count). The molecule has 9 heteroatoms. The molecule has 1 aromatic rings. The quantitative estimate of drug-likeness (QED) is 0.653. The van der Waals surface area contributed by atoms with Crippen molar-refractivity contribution in [3.8, 4) is 0 Å². The van der Waals surface area contributed by atoms with Gasteiger partial charge in [0.1, 0.15) is 5.85 Å². The summed E-state index contributed by atoms with van der Waals surface area (Å²) in [6.07, 6.45) is 1.45. The predicted molar refractivity (Wildman–Crippen MR) is 59.0 cm³/mol. The number of hydrogen-bond acceptors (Lipinski definition) is 5. The highest BCUT2D eigenvalue weighted by Crippen LogP contribution is 2.44. The van der Waals surface area contributed by atoms with Crippen molar-refractivity contribution < 1.29 is 19.1 Å². The average molecular weight is 275 g/mol. The molecule has 0 amide bonds. The van der Waals surface area contributed by atoms with Gasteiger partial charge in [-0.05, 0) is 12.8 Å². The molecular weight excluding hydrogens is 263 g/mol. The van der Waals surface area contributed by atoms with Gasteiger partial charge in [0.15, 0.2) is 7.60 Å². The Labute approximate surface area is 101 Å². The van der Waals surface area contributed by atoms with Gasteiger partial charge in [-0.2, -0.15) is 0 Å². The number of aromatic amines is 1. The summed E-state index contributed by atoms with van der Waals surface area (Å²) in [7, 11) is -4.49. The summed E-state index contributed by atoms with van der Waals surface area (Å²) in [5, 5.41) is 0. The number of nitrogens with one attached hydrogen (secondary N) is 1. The smallest absolute Gasteiger partial charge is 0.328 e. The molecule has 1 aliphatic rings. The Morgan fingerprint density at radius 3 is 2.83 bits per heavy atom. The van der Waals surface area contributed by atoms with E-state index in [9.17, 15) is 19.0 Å². The Balaban J connectivity index is 2.06. The molecule has 2 N–H and O–H groups in total. The van der Waals surface area contributed by atoms with Crippen LogP contribution in [0.1, 0.15) is 12.8 Å². The minimum atomic E-state index is -4.49. The Hall–Kier alpha value is -1.21. The summed E-state index contributed by atoms with van der Waals surface area (Å²) < 4.78 is 17.2. The molecular formula is C9H12N2O6P-. The van der Waals surface area contributed by atoms with E-state index in [2.05, 4.69) is 4.98 Å². The summed E-state index contributed by atoms with van der Waals surface area (Å²) >= 11 is 0. The van der Waals surface area contributed by atoms with Gasteiger partial charge in [-0.15, -0.1) is 0 Å². The molecule has 1 saturated heterocycles. The normalized spacial score (nSPS) is 27.0. The van der Waals surface area contributed by atoms with E-state index in [-0.39, 0.29) is 13.0 Å². The molecule has 0 aromatic carbocycles. The van der Waals surface area contributed by atoms with Gasteiger partial charge in [-0.25, -0.2) is 4.79 Å². The molecule has 3 atom stereocenters. The lowest BCUT2D eigenvalue weighted by atomic mass is 10.2. The second kappa shape index (κ2) is 4.81. The van der Waals surface area contributed by atoms with Crippen LogP contribution in [0.15, 0.2) is 21.9 Å². The maximum absolute atomic E-state index is 11.4. The van der Waals surface area contributed by atoms with Crippen molar-refractivity contribution in [2.75, 3.05) is 0 Å². The molecule has 3 unspecified atom stereocenters. The molecule has 1 aliphatic heterocycles. The summed E-state index contributed by atoms with van der Waals surface area (Å²) in [6, 6.07) is 1.19. The fraction of sp³-hybridized carbons (Fsp3) is 0.556. The van der Waals surface area contributed by atoms with E-state index in [0.717, 1.165) is 0 Å². The number of H-pyrrole nitrogens is 1. The lowest BCUT2D eigenvalue weighted by Gasteiger charge is -2.23. The van der Waals surface area contributed by atoms with Crippen LogP contribution in [0, 0.1) is 0 Å². The third-order valence-electron chi connectivity index (χ3n) is 2.75. The van der Waals surface area contributed by atoms with Crippen molar-refractivity contribution in [3.05, 3.63) is 33.1 Å². The highest BCUT2D eigenvalue weighted by molar-refractivity contribution is 7.50. The predicted octanol–water partition coefficient (Wildman–Crippen LogP) is -1.41. The zero-order valence-corrected chi connectivity index (χ0v) is 10.2. The van der Waals surface area contributed by atoms with Crippen molar-refractivity contribution >= 4 is 7.60 Å². The lowest BCUT2D eigenvalue weighted by molar-refractivity contribution is -0.204. The van der Waals surface area contributed by atoms with Crippen molar-refractivity contribution in [1.82, 2.24) is 9.55 Å². The number of aromatic nitrogens is 2. The van der Waals surface area contributed by atoms with Crippen LogP contribution in [0.4, 0.5) is 0 Å². The van der Waals surface area contributed by atoms with Gasteiger partial charge in [0.2, 0.25) is 0 Å². The Morgan fingerprint density at radius 2 is 2.28 bits per heavy atom. The number of hydrogen-bond donors (Lipinski definition) is 2. The first-order valence-corrected chi connectivity index (χ1v) is 6.99. The maximum Gasteiger partial charge on any atom is 0.328 e. The van der Waals surface area contributed by atoms with E-state index >= 15 is 0 Å². The van der Waals surface area contributed by atoms with Crippen LogP contribution in [0.3, 0.4) is 0 Å². The molecule has 0 radical (unpaired) electrons. The van der Waals surface area contributed by atoms with Crippen molar-refractivity contribution in [3.63, 3.8) is 0 Å². The number of nitrogens with zero attached hydrogens (tertiary/aromatic N) is 1. The first kappa shape index (κ1) is 13.2. The first-order valence-electron chi connectivity index (χ1n) is 5.35. The van der Waals surface area contributed by atoms with Crippen LogP contribution in [-0.2, 0) is 15.8 Å². The van der Waals surface area contributed by atoms with Gasteiger partial charge in [-0.1, -0.05) is 0 Å². The summed E-state index contributed by atoms with van der Waals surface area (Å²) in [4.78, 5) is 44.1. The Kier molecular flexibility index (Phi) is 3.54. The summed E-state index contributed by atoms with van der Waals surface area (Å²) in [5.74, 6) is -1.21. The molecule has 1 aromatic heterocycles. The average Bonchev–Trinajstić information content (AvgIpc) is 2.70. The zero-order valence-electron chi connectivity index (χ0n) is 9.31. The largest absolute Gasteiger partial charge is 0.777 e. The van der Waals surface area contributed by atoms with Crippen LogP contribution in [0.5, 0.6) is 0 Å². The Bertz CT molecular complexity index is 587. The Morgan fingerprint density at radius 1 is 1.56 bits per heavy atom. The fourth-order valence-electron chi connectivity index (χ4n) is 1.87. The molecule has 0 aliphatic carbocycles. The summed E-state index contributed by atoms with van der Waals surface area (Å²) in [5.41, 5.74) is -1.08. The van der Waals surface area contributed by atoms with Crippen LogP contribution in [0.25, 0.3) is 0 Å². The van der Waals surface area contributed by atoms with Crippen molar-refractivity contribution in [2.24, 2.45) is 0 Å². The van der Waals surface area contributed by atoms with Crippen molar-refractivity contribution in [2.45, 2.75) is 31.3 Å². The third kappa shape index (κ3) is 2.97. The zero-order chi connectivity index (χ0) is 13.3. The van der Waals surface area contributed by atoms with E-state index < -0.39 is 30.8 Å². The van der Waals surface area contributed by atoms with Gasteiger partial charge in [0.05, 0.1) is 12.6 Å². The van der Waals surface area contributed by atoms with Crippen molar-refractivity contribution in [1.29, 1.82) is 0 Å². The molecule has 1 fully saturated rings. The van der Waals surface area contributed by atoms with Crippen LogP contribution in [0.2, 0.25) is 0 Å². The van der Waals surface area contributed by atoms with Gasteiger partial charge < -0.3 is 19.1 Å². The lowest BCUT2D eigenvalue weighted by Crippen LogP contribution is -2.32. The molecule has 100 valence electrons. The minimum Gasteiger partial charge on any atom is -0.777 e. The monoisotopic (exact) mass is 275 g/mol. The maximum atomic E-state index is 11.4. The van der Waals surface area contributed by atoms with Gasteiger partial charge in [-0.3, -0.25) is 14.3 Å². The van der Waals surface area contributed by atoms with Gasteiger partial charge in [0.25, 0.3) is 5.56 Å². The highest BCUT2D eigenvalue weighted by Gasteiger charge is 2.32. The second-order valence-corrected chi connectivity index (χ2v) is 5.82. The minimum absolute atomic E-state index is 0.131. The number of rotatable bonds is 3. The fourth-order valence-corrected chi connectivity index (χ4v) is 2.67. The highest BCUT2D eigenvalue weighted by atomic mass is 31.2. The molecule has 2 heterocycles. The van der Waals surface area contributed by atoms with E-state index in [1.54, 1.807) is 0 Å². The van der Waals surface area contributed by atoms with Crippen LogP contribution < -0.4 is 16.1 Å². The molecule has 0 saturated carbocycles. The molecule has 0 spiro atoms. The second-order valence-electron chi connectivity index (χ2n) is 4.12. The van der Waals surface area contributed by atoms with E-state index in [1.807, 2.05) is 0 Å². The van der Waals surface area contributed by atoms with Crippen LogP contribution in [-0.4, -0.2) is 26.4 Å².